The number of hydrogen-bond acceptors (Lipinski definition) is 4. The van der Waals surface area contributed by atoms with Crippen LogP contribution in [0.5, 0.6) is 11.5 Å². The molecule has 1 unspecified atom stereocenters. The summed E-state index contributed by atoms with van der Waals surface area (Å²) in [5.41, 5.74) is 8.14. The number of benzene rings is 2. The second kappa shape index (κ2) is 6.76. The van der Waals surface area contributed by atoms with Gasteiger partial charge in [0, 0.05) is 12.0 Å². The molecule has 6 nitrogen and oxygen atoms in total. The van der Waals surface area contributed by atoms with E-state index in [9.17, 15) is 13.2 Å². The number of carbonyl (C=O) groups excluding carboxylic acids is 1. The van der Waals surface area contributed by atoms with Crippen LogP contribution in [0, 0.1) is 5.92 Å². The Morgan fingerprint density at radius 1 is 1.16 bits per heavy atom. The number of fused-ring (bicyclic) bond motifs is 1. The van der Waals surface area contributed by atoms with E-state index in [0.717, 1.165) is 24.7 Å². The molecule has 0 spiro atoms. The molecule has 1 atom stereocenters. The maximum Gasteiger partial charge on any atom is 0.229 e. The van der Waals surface area contributed by atoms with Gasteiger partial charge in [-0.15, -0.1) is 0 Å². The van der Waals surface area contributed by atoms with Crippen molar-refractivity contribution in [1.29, 1.82) is 0 Å². The van der Waals surface area contributed by atoms with E-state index in [-0.39, 0.29) is 11.8 Å². The van der Waals surface area contributed by atoms with Gasteiger partial charge in [-0.05, 0) is 54.7 Å². The number of ether oxygens (including phenoxy) is 1. The van der Waals surface area contributed by atoms with Gasteiger partial charge >= 0.3 is 0 Å². The largest absolute Gasteiger partial charge is 0.457 e. The minimum absolute atomic E-state index is 0.134. The molecule has 0 aliphatic heterocycles. The molecule has 132 valence electrons. The Labute approximate surface area is 147 Å². The predicted molar refractivity (Wildman–Crippen MR) is 96.1 cm³/mol. The molecule has 25 heavy (non-hydrogen) atoms. The third-order valence-corrected chi connectivity index (χ3v) is 4.79. The molecule has 1 aliphatic rings. The summed E-state index contributed by atoms with van der Waals surface area (Å²) in [7, 11) is -3.34. The molecule has 7 heteroatoms. The standard InChI is InChI=1S/C18H20N2O4S/c1-25(22,23)20-15-3-2-4-16(11-15)24-17-8-7-12-5-6-13(18(19)21)9-14(12)10-17/h2-4,7-8,10-11,13,20H,5-6,9H2,1H3,(H2,19,21). The molecule has 1 amide bonds. The highest BCUT2D eigenvalue weighted by Crippen LogP contribution is 2.31. The van der Waals surface area contributed by atoms with Gasteiger partial charge in [-0.2, -0.15) is 0 Å². The summed E-state index contributed by atoms with van der Waals surface area (Å²) < 4.78 is 30.9. The lowest BCUT2D eigenvalue weighted by atomic mass is 9.83. The quantitative estimate of drug-likeness (QED) is 0.855. The normalized spacial score (nSPS) is 16.8. The predicted octanol–water partition coefficient (Wildman–Crippen LogP) is 2.44. The Kier molecular flexibility index (Phi) is 4.67. The van der Waals surface area contributed by atoms with Gasteiger partial charge in [0.25, 0.3) is 0 Å². The van der Waals surface area contributed by atoms with Crippen LogP contribution in [0.3, 0.4) is 0 Å². The van der Waals surface area contributed by atoms with E-state index in [4.69, 9.17) is 10.5 Å². The van der Waals surface area contributed by atoms with Crippen LogP contribution in [0.4, 0.5) is 5.69 Å². The van der Waals surface area contributed by atoms with Crippen LogP contribution in [-0.4, -0.2) is 20.6 Å². The van der Waals surface area contributed by atoms with E-state index < -0.39 is 10.0 Å². The second-order valence-corrected chi connectivity index (χ2v) is 8.03. The lowest BCUT2D eigenvalue weighted by Gasteiger charge is -2.22. The van der Waals surface area contributed by atoms with Crippen molar-refractivity contribution in [2.75, 3.05) is 11.0 Å². The molecule has 0 fully saturated rings. The fourth-order valence-corrected chi connectivity index (χ4v) is 3.57. The number of aryl methyl sites for hydroxylation is 1. The first-order valence-corrected chi connectivity index (χ1v) is 9.86. The molecule has 1 aliphatic carbocycles. The van der Waals surface area contributed by atoms with Crippen molar-refractivity contribution in [3.05, 3.63) is 53.6 Å². The molecule has 0 bridgehead atoms. The first-order chi connectivity index (χ1) is 11.8. The van der Waals surface area contributed by atoms with Crippen LogP contribution in [0.2, 0.25) is 0 Å². The highest BCUT2D eigenvalue weighted by Gasteiger charge is 2.23. The van der Waals surface area contributed by atoms with E-state index in [1.54, 1.807) is 24.3 Å². The van der Waals surface area contributed by atoms with E-state index in [1.165, 1.54) is 5.56 Å². The summed E-state index contributed by atoms with van der Waals surface area (Å²) in [6.07, 6.45) is 3.33. The Bertz CT molecular complexity index is 909. The number of primary amides is 1. The van der Waals surface area contributed by atoms with Gasteiger partial charge in [0.05, 0.1) is 11.9 Å². The molecule has 0 saturated heterocycles. The first-order valence-electron chi connectivity index (χ1n) is 7.97. The number of anilines is 1. The number of rotatable bonds is 5. The van der Waals surface area contributed by atoms with Crippen molar-refractivity contribution in [2.24, 2.45) is 11.7 Å². The number of nitrogens with one attached hydrogen (secondary N) is 1. The summed E-state index contributed by atoms with van der Waals surface area (Å²) in [6, 6.07) is 12.5. The number of carbonyl (C=O) groups is 1. The summed E-state index contributed by atoms with van der Waals surface area (Å²) in [5, 5.41) is 0. The highest BCUT2D eigenvalue weighted by atomic mass is 32.2. The lowest BCUT2D eigenvalue weighted by molar-refractivity contribution is -0.122. The molecular weight excluding hydrogens is 340 g/mol. The highest BCUT2D eigenvalue weighted by molar-refractivity contribution is 7.92. The Hall–Kier alpha value is -2.54. The summed E-state index contributed by atoms with van der Waals surface area (Å²) >= 11 is 0. The van der Waals surface area contributed by atoms with Crippen LogP contribution in [0.15, 0.2) is 42.5 Å². The number of sulfonamides is 1. The Balaban J connectivity index is 1.79. The Morgan fingerprint density at radius 2 is 1.92 bits per heavy atom. The van der Waals surface area contributed by atoms with Crippen molar-refractivity contribution in [3.63, 3.8) is 0 Å². The van der Waals surface area contributed by atoms with Gasteiger partial charge in [0.15, 0.2) is 0 Å². The average Bonchev–Trinajstić information content (AvgIpc) is 2.53. The molecule has 0 heterocycles. The molecule has 2 aromatic rings. The smallest absolute Gasteiger partial charge is 0.229 e. The van der Waals surface area contributed by atoms with Gasteiger partial charge in [0.1, 0.15) is 11.5 Å². The zero-order valence-electron chi connectivity index (χ0n) is 13.9. The number of hydrogen-bond donors (Lipinski definition) is 2. The zero-order valence-corrected chi connectivity index (χ0v) is 14.7. The molecule has 3 N–H and O–H groups in total. The number of nitrogens with two attached hydrogens (primary N) is 1. The van der Waals surface area contributed by atoms with Gasteiger partial charge in [-0.3, -0.25) is 9.52 Å². The summed E-state index contributed by atoms with van der Waals surface area (Å²) in [5.74, 6) is 0.762. The lowest BCUT2D eigenvalue weighted by Crippen LogP contribution is -2.28. The molecule has 0 saturated carbocycles. The average molecular weight is 360 g/mol. The van der Waals surface area contributed by atoms with E-state index in [2.05, 4.69) is 4.72 Å². The van der Waals surface area contributed by atoms with Gasteiger partial charge < -0.3 is 10.5 Å². The maximum absolute atomic E-state index is 11.4. The van der Waals surface area contributed by atoms with Crippen molar-refractivity contribution in [2.45, 2.75) is 19.3 Å². The molecule has 0 aromatic heterocycles. The van der Waals surface area contributed by atoms with E-state index >= 15 is 0 Å². The molecular formula is C18H20N2O4S. The van der Waals surface area contributed by atoms with Crippen molar-refractivity contribution in [1.82, 2.24) is 0 Å². The van der Waals surface area contributed by atoms with E-state index in [1.807, 2.05) is 18.2 Å². The molecule has 0 radical (unpaired) electrons. The molecule has 2 aromatic carbocycles. The van der Waals surface area contributed by atoms with Crippen LogP contribution in [0.1, 0.15) is 17.5 Å². The van der Waals surface area contributed by atoms with Gasteiger partial charge in [0.2, 0.25) is 15.9 Å². The summed E-state index contributed by atoms with van der Waals surface area (Å²) in [6.45, 7) is 0. The maximum atomic E-state index is 11.4. The Morgan fingerprint density at radius 3 is 2.64 bits per heavy atom. The van der Waals surface area contributed by atoms with Gasteiger partial charge in [-0.1, -0.05) is 12.1 Å². The van der Waals surface area contributed by atoms with Crippen molar-refractivity contribution >= 4 is 21.6 Å². The van der Waals surface area contributed by atoms with Crippen molar-refractivity contribution in [3.8, 4) is 11.5 Å². The fraction of sp³-hybridized carbons (Fsp3) is 0.278. The van der Waals surface area contributed by atoms with Crippen LogP contribution in [-0.2, 0) is 27.7 Å². The molecule has 3 rings (SSSR count). The fourth-order valence-electron chi connectivity index (χ4n) is 3.01. The zero-order chi connectivity index (χ0) is 18.0. The first kappa shape index (κ1) is 17.3. The summed E-state index contributed by atoms with van der Waals surface area (Å²) in [4.78, 5) is 11.4. The minimum Gasteiger partial charge on any atom is -0.457 e. The van der Waals surface area contributed by atoms with Crippen LogP contribution >= 0.6 is 0 Å². The SMILES string of the molecule is CS(=O)(=O)Nc1cccc(Oc2ccc3c(c2)CC(C(N)=O)CC3)c1. The minimum atomic E-state index is -3.34. The monoisotopic (exact) mass is 360 g/mol. The third kappa shape index (κ3) is 4.51. The van der Waals surface area contributed by atoms with Crippen molar-refractivity contribution < 1.29 is 17.9 Å². The topological polar surface area (TPSA) is 98.5 Å². The second-order valence-electron chi connectivity index (χ2n) is 6.28. The third-order valence-electron chi connectivity index (χ3n) is 4.18. The van der Waals surface area contributed by atoms with Crippen LogP contribution in [0.25, 0.3) is 0 Å². The van der Waals surface area contributed by atoms with Crippen LogP contribution < -0.4 is 15.2 Å². The van der Waals surface area contributed by atoms with Gasteiger partial charge in [-0.25, -0.2) is 8.42 Å². The number of amides is 1. The van der Waals surface area contributed by atoms with E-state index in [0.29, 0.717) is 23.6 Å².